The lowest BCUT2D eigenvalue weighted by Crippen LogP contribution is -2.32. The number of rotatable bonds is 3. The minimum Gasteiger partial charge on any atom is -0.460 e. The summed E-state index contributed by atoms with van der Waals surface area (Å²) in [5.41, 5.74) is -1.02. The highest BCUT2D eigenvalue weighted by molar-refractivity contribution is 5.66. The first-order valence-corrected chi connectivity index (χ1v) is 4.29. The van der Waals surface area contributed by atoms with Crippen molar-refractivity contribution in [2.24, 2.45) is 5.41 Å². The first kappa shape index (κ1) is 12.0. The van der Waals surface area contributed by atoms with Gasteiger partial charge >= 0.3 is 5.97 Å². The van der Waals surface area contributed by atoms with Crippen LogP contribution in [0.3, 0.4) is 0 Å². The molecule has 0 aliphatic heterocycles. The van der Waals surface area contributed by atoms with Gasteiger partial charge in [-0.3, -0.25) is 4.79 Å². The van der Waals surface area contributed by atoms with E-state index in [1.165, 1.54) is 6.92 Å². The number of hydrogen-bond donors (Lipinski definition) is 0. The topological polar surface area (TPSA) is 50.1 Å². The van der Waals surface area contributed by atoms with Gasteiger partial charge in [0.15, 0.2) is 0 Å². The van der Waals surface area contributed by atoms with Crippen LogP contribution in [0.5, 0.6) is 0 Å². The zero-order chi connectivity index (χ0) is 10.7. The zero-order valence-corrected chi connectivity index (χ0v) is 8.97. The molecule has 0 bridgehead atoms. The molecule has 0 heterocycles. The Bertz CT molecular complexity index is 236. The molecule has 0 aromatic rings. The molecule has 0 unspecified atom stereocenters. The molecular formula is C10H17NO2. The first-order chi connectivity index (χ1) is 5.68. The maximum absolute atomic E-state index is 10.7. The summed E-state index contributed by atoms with van der Waals surface area (Å²) in [7, 11) is 0. The van der Waals surface area contributed by atoms with Crippen molar-refractivity contribution in [3.05, 3.63) is 0 Å². The quantitative estimate of drug-likeness (QED) is 0.630. The van der Waals surface area contributed by atoms with E-state index >= 15 is 0 Å². The van der Waals surface area contributed by atoms with Gasteiger partial charge in [0.05, 0.1) is 11.5 Å². The fourth-order valence-electron chi connectivity index (χ4n) is 1.53. The number of nitriles is 1. The Balaban J connectivity index is 4.35. The molecule has 0 aromatic carbocycles. The molecule has 0 radical (unpaired) electrons. The molecule has 0 saturated heterocycles. The third kappa shape index (κ3) is 5.24. The van der Waals surface area contributed by atoms with Crippen molar-refractivity contribution >= 4 is 5.97 Å². The molecule has 3 heteroatoms. The second kappa shape index (κ2) is 3.78. The monoisotopic (exact) mass is 183 g/mol. The van der Waals surface area contributed by atoms with Gasteiger partial charge in [-0.2, -0.15) is 5.26 Å². The Morgan fingerprint density at radius 1 is 1.38 bits per heavy atom. The van der Waals surface area contributed by atoms with Gasteiger partial charge in [-0.25, -0.2) is 0 Å². The van der Waals surface area contributed by atoms with Crippen LogP contribution in [-0.2, 0) is 9.53 Å². The summed E-state index contributed by atoms with van der Waals surface area (Å²) >= 11 is 0. The Labute approximate surface area is 79.7 Å². The van der Waals surface area contributed by atoms with Crippen LogP contribution in [0.1, 0.15) is 41.0 Å². The van der Waals surface area contributed by atoms with Crippen LogP contribution in [0.25, 0.3) is 0 Å². The van der Waals surface area contributed by atoms with Gasteiger partial charge in [-0.15, -0.1) is 0 Å². The molecule has 0 spiro atoms. The van der Waals surface area contributed by atoms with Gasteiger partial charge in [0.2, 0.25) is 0 Å². The van der Waals surface area contributed by atoms with Crippen molar-refractivity contribution in [2.75, 3.05) is 0 Å². The summed E-state index contributed by atoms with van der Waals surface area (Å²) < 4.78 is 5.09. The lowest BCUT2D eigenvalue weighted by atomic mass is 9.83. The normalized spacial score (nSPS) is 12.0. The molecule has 0 saturated carbocycles. The molecule has 0 aromatic heterocycles. The van der Waals surface area contributed by atoms with E-state index in [-0.39, 0.29) is 5.97 Å². The average Bonchev–Trinajstić information content (AvgIpc) is 1.81. The van der Waals surface area contributed by atoms with Gasteiger partial charge in [0, 0.05) is 13.3 Å². The van der Waals surface area contributed by atoms with E-state index in [1.807, 2.05) is 27.7 Å². The summed E-state index contributed by atoms with van der Waals surface area (Å²) in [4.78, 5) is 10.7. The highest BCUT2D eigenvalue weighted by Gasteiger charge is 2.30. The second-order valence-electron chi connectivity index (χ2n) is 4.53. The maximum atomic E-state index is 10.7. The molecule has 0 atom stereocenters. The summed E-state index contributed by atoms with van der Waals surface area (Å²) in [5, 5.41) is 8.80. The molecule has 74 valence electrons. The average molecular weight is 183 g/mol. The molecule has 3 nitrogen and oxygen atoms in total. The lowest BCUT2D eigenvalue weighted by molar-refractivity contribution is -0.155. The smallest absolute Gasteiger partial charge is 0.303 e. The van der Waals surface area contributed by atoms with E-state index in [1.54, 1.807) is 0 Å². The summed E-state index contributed by atoms with van der Waals surface area (Å²) in [6.07, 6.45) is 0.538. The standard InChI is InChI=1S/C10H17NO2/c1-8(12)13-10(4,5)6-9(2,3)7-11/h6H2,1-5H3. The Morgan fingerprint density at radius 2 is 1.85 bits per heavy atom. The van der Waals surface area contributed by atoms with Gasteiger partial charge in [-0.1, -0.05) is 0 Å². The fourth-order valence-corrected chi connectivity index (χ4v) is 1.53. The minimum atomic E-state index is -0.564. The predicted molar refractivity (Wildman–Crippen MR) is 49.9 cm³/mol. The van der Waals surface area contributed by atoms with E-state index in [0.29, 0.717) is 6.42 Å². The molecule has 13 heavy (non-hydrogen) atoms. The van der Waals surface area contributed by atoms with Crippen LogP contribution >= 0.6 is 0 Å². The van der Waals surface area contributed by atoms with Gasteiger partial charge in [0.25, 0.3) is 0 Å². The first-order valence-electron chi connectivity index (χ1n) is 4.29. The Hall–Kier alpha value is -1.04. The molecule has 0 N–H and O–H groups in total. The van der Waals surface area contributed by atoms with Crippen LogP contribution in [-0.4, -0.2) is 11.6 Å². The summed E-state index contributed by atoms with van der Waals surface area (Å²) in [6, 6.07) is 2.18. The minimum absolute atomic E-state index is 0.307. The lowest BCUT2D eigenvalue weighted by Gasteiger charge is -2.29. The van der Waals surface area contributed by atoms with Crippen molar-refractivity contribution in [1.29, 1.82) is 5.26 Å². The van der Waals surface area contributed by atoms with Crippen LogP contribution < -0.4 is 0 Å². The summed E-state index contributed by atoms with van der Waals surface area (Å²) in [6.45, 7) is 8.67. The highest BCUT2D eigenvalue weighted by Crippen LogP contribution is 2.29. The van der Waals surface area contributed by atoms with Crippen LogP contribution in [0.4, 0.5) is 0 Å². The second-order valence-corrected chi connectivity index (χ2v) is 4.53. The number of esters is 1. The van der Waals surface area contributed by atoms with Crippen molar-refractivity contribution in [3.63, 3.8) is 0 Å². The van der Waals surface area contributed by atoms with Crippen LogP contribution in [0.15, 0.2) is 0 Å². The number of nitrogens with zero attached hydrogens (tertiary/aromatic N) is 1. The van der Waals surface area contributed by atoms with Gasteiger partial charge in [0.1, 0.15) is 5.60 Å². The molecule has 0 fully saturated rings. The SMILES string of the molecule is CC(=O)OC(C)(C)CC(C)(C)C#N. The molecular weight excluding hydrogens is 166 g/mol. The van der Waals surface area contributed by atoms with Crippen LogP contribution in [0, 0.1) is 16.7 Å². The van der Waals surface area contributed by atoms with Crippen molar-refractivity contribution in [2.45, 2.75) is 46.6 Å². The van der Waals surface area contributed by atoms with Crippen molar-refractivity contribution < 1.29 is 9.53 Å². The third-order valence-electron chi connectivity index (χ3n) is 1.59. The number of ether oxygens (including phenoxy) is 1. The van der Waals surface area contributed by atoms with E-state index < -0.39 is 11.0 Å². The molecule has 0 rings (SSSR count). The largest absolute Gasteiger partial charge is 0.460 e. The van der Waals surface area contributed by atoms with E-state index in [4.69, 9.17) is 10.00 Å². The van der Waals surface area contributed by atoms with Gasteiger partial charge in [-0.05, 0) is 27.7 Å². The van der Waals surface area contributed by atoms with E-state index in [0.717, 1.165) is 0 Å². The molecule has 0 amide bonds. The van der Waals surface area contributed by atoms with E-state index in [9.17, 15) is 4.79 Å². The third-order valence-corrected chi connectivity index (χ3v) is 1.59. The molecule has 0 aliphatic carbocycles. The predicted octanol–water partition coefficient (Wildman–Crippen LogP) is 2.27. The maximum Gasteiger partial charge on any atom is 0.303 e. The van der Waals surface area contributed by atoms with Crippen molar-refractivity contribution in [1.82, 2.24) is 0 Å². The zero-order valence-electron chi connectivity index (χ0n) is 8.97. The van der Waals surface area contributed by atoms with E-state index in [2.05, 4.69) is 6.07 Å². The Morgan fingerprint density at radius 3 is 2.15 bits per heavy atom. The highest BCUT2D eigenvalue weighted by atomic mass is 16.6. The van der Waals surface area contributed by atoms with Crippen LogP contribution in [0.2, 0.25) is 0 Å². The Kier molecular flexibility index (Phi) is 3.48. The number of carbonyl (C=O) groups is 1. The summed E-state index contributed by atoms with van der Waals surface area (Å²) in [5.74, 6) is -0.307. The van der Waals surface area contributed by atoms with Gasteiger partial charge < -0.3 is 4.74 Å². The number of hydrogen-bond acceptors (Lipinski definition) is 3. The fraction of sp³-hybridized carbons (Fsp3) is 0.800. The molecule has 0 aliphatic rings. The number of carbonyl (C=O) groups excluding carboxylic acids is 1. The van der Waals surface area contributed by atoms with Crippen molar-refractivity contribution in [3.8, 4) is 6.07 Å².